The Morgan fingerprint density at radius 2 is 2.28 bits per heavy atom. The SMILES string of the molecule is Cc1nnsc1C(=O)N(C)c1cccc(C#N)c1. The summed E-state index contributed by atoms with van der Waals surface area (Å²) in [4.78, 5) is 14.2. The molecule has 2 aromatic rings. The van der Waals surface area contributed by atoms with E-state index in [1.807, 2.05) is 6.07 Å². The van der Waals surface area contributed by atoms with Gasteiger partial charge in [-0.1, -0.05) is 10.6 Å². The zero-order valence-corrected chi connectivity index (χ0v) is 10.7. The summed E-state index contributed by atoms with van der Waals surface area (Å²) in [5.41, 5.74) is 1.81. The molecule has 0 spiro atoms. The van der Waals surface area contributed by atoms with Crippen molar-refractivity contribution in [2.24, 2.45) is 0 Å². The van der Waals surface area contributed by atoms with E-state index in [1.165, 1.54) is 4.90 Å². The third-order valence-electron chi connectivity index (χ3n) is 2.51. The van der Waals surface area contributed by atoms with Gasteiger partial charge in [0.25, 0.3) is 5.91 Å². The maximum Gasteiger partial charge on any atom is 0.271 e. The monoisotopic (exact) mass is 258 g/mol. The highest BCUT2D eigenvalue weighted by molar-refractivity contribution is 7.08. The topological polar surface area (TPSA) is 69.9 Å². The van der Waals surface area contributed by atoms with Gasteiger partial charge in [-0.2, -0.15) is 5.26 Å². The van der Waals surface area contributed by atoms with E-state index in [4.69, 9.17) is 5.26 Å². The fourth-order valence-corrected chi connectivity index (χ4v) is 2.11. The van der Waals surface area contributed by atoms with E-state index in [2.05, 4.69) is 9.59 Å². The van der Waals surface area contributed by atoms with E-state index in [-0.39, 0.29) is 5.91 Å². The molecule has 0 saturated heterocycles. The number of benzene rings is 1. The molecule has 0 unspecified atom stereocenters. The molecule has 2 rings (SSSR count). The lowest BCUT2D eigenvalue weighted by Crippen LogP contribution is -2.26. The largest absolute Gasteiger partial charge is 0.311 e. The maximum atomic E-state index is 12.2. The van der Waals surface area contributed by atoms with Crippen molar-refractivity contribution in [2.45, 2.75) is 6.92 Å². The summed E-state index contributed by atoms with van der Waals surface area (Å²) in [7, 11) is 1.66. The van der Waals surface area contributed by atoms with Crippen molar-refractivity contribution in [3.8, 4) is 6.07 Å². The second kappa shape index (κ2) is 4.94. The number of nitrogens with zero attached hydrogens (tertiary/aromatic N) is 4. The van der Waals surface area contributed by atoms with Crippen LogP contribution in [0, 0.1) is 18.3 Å². The Morgan fingerprint density at radius 1 is 1.50 bits per heavy atom. The standard InChI is InChI=1S/C12H10N4OS/c1-8-11(18-15-14-8)12(17)16(2)10-5-3-4-9(6-10)7-13/h3-6H,1-2H3. The van der Waals surface area contributed by atoms with Gasteiger partial charge in [-0.25, -0.2) is 0 Å². The second-order valence-electron chi connectivity index (χ2n) is 3.71. The first-order valence-corrected chi connectivity index (χ1v) is 5.98. The van der Waals surface area contributed by atoms with E-state index in [9.17, 15) is 4.79 Å². The number of carbonyl (C=O) groups is 1. The van der Waals surface area contributed by atoms with Crippen LogP contribution in [0.5, 0.6) is 0 Å². The molecule has 1 aromatic carbocycles. The molecule has 1 aromatic heterocycles. The number of aromatic nitrogens is 2. The molecule has 18 heavy (non-hydrogen) atoms. The number of rotatable bonds is 2. The molecule has 0 aliphatic rings. The highest BCUT2D eigenvalue weighted by atomic mass is 32.1. The van der Waals surface area contributed by atoms with Crippen LogP contribution in [0.2, 0.25) is 0 Å². The van der Waals surface area contributed by atoms with Crippen molar-refractivity contribution in [3.63, 3.8) is 0 Å². The molecule has 0 aliphatic heterocycles. The van der Waals surface area contributed by atoms with E-state index in [0.717, 1.165) is 11.5 Å². The molecular formula is C12H10N4OS. The summed E-state index contributed by atoms with van der Waals surface area (Å²) < 4.78 is 3.74. The number of nitriles is 1. The fraction of sp³-hybridized carbons (Fsp3) is 0.167. The molecule has 0 N–H and O–H groups in total. The van der Waals surface area contributed by atoms with Crippen LogP contribution in [-0.2, 0) is 0 Å². The summed E-state index contributed by atoms with van der Waals surface area (Å²) in [5.74, 6) is -0.169. The third-order valence-corrected chi connectivity index (χ3v) is 3.33. The zero-order chi connectivity index (χ0) is 13.1. The maximum absolute atomic E-state index is 12.2. The molecule has 90 valence electrons. The molecule has 0 fully saturated rings. The molecule has 1 amide bonds. The second-order valence-corrected chi connectivity index (χ2v) is 4.47. The van der Waals surface area contributed by atoms with Gasteiger partial charge in [0.15, 0.2) is 0 Å². The van der Waals surface area contributed by atoms with E-state index >= 15 is 0 Å². The molecular weight excluding hydrogens is 248 g/mol. The van der Waals surface area contributed by atoms with Crippen LogP contribution in [-0.4, -0.2) is 22.5 Å². The summed E-state index contributed by atoms with van der Waals surface area (Å²) in [6.07, 6.45) is 0. The number of hydrogen-bond acceptors (Lipinski definition) is 5. The fourth-order valence-electron chi connectivity index (χ4n) is 1.48. The van der Waals surface area contributed by atoms with Crippen LogP contribution in [0.15, 0.2) is 24.3 Å². The quantitative estimate of drug-likeness (QED) is 0.826. The van der Waals surface area contributed by atoms with Crippen molar-refractivity contribution in [3.05, 3.63) is 40.4 Å². The van der Waals surface area contributed by atoms with Crippen molar-refractivity contribution in [1.29, 1.82) is 5.26 Å². The normalized spacial score (nSPS) is 9.83. The van der Waals surface area contributed by atoms with Crippen LogP contribution in [0.3, 0.4) is 0 Å². The Kier molecular flexibility index (Phi) is 3.35. The average molecular weight is 258 g/mol. The molecule has 0 saturated carbocycles. The lowest BCUT2D eigenvalue weighted by molar-refractivity contribution is 0.0996. The Hall–Kier alpha value is -2.26. The Morgan fingerprint density at radius 3 is 2.89 bits per heavy atom. The van der Waals surface area contributed by atoms with Gasteiger partial charge in [0.2, 0.25) is 0 Å². The van der Waals surface area contributed by atoms with Gasteiger partial charge in [-0.15, -0.1) is 5.10 Å². The van der Waals surface area contributed by atoms with Crippen LogP contribution < -0.4 is 4.90 Å². The van der Waals surface area contributed by atoms with E-state index in [0.29, 0.717) is 21.8 Å². The van der Waals surface area contributed by atoms with Crippen LogP contribution in [0.1, 0.15) is 20.9 Å². The number of anilines is 1. The Balaban J connectivity index is 2.32. The summed E-state index contributed by atoms with van der Waals surface area (Å²) in [6, 6.07) is 8.94. The minimum absolute atomic E-state index is 0.169. The van der Waals surface area contributed by atoms with Gasteiger partial charge >= 0.3 is 0 Å². The van der Waals surface area contributed by atoms with Crippen LogP contribution >= 0.6 is 11.5 Å². The minimum atomic E-state index is -0.169. The van der Waals surface area contributed by atoms with Crippen molar-refractivity contribution in [1.82, 2.24) is 9.59 Å². The first kappa shape index (κ1) is 12.2. The van der Waals surface area contributed by atoms with E-state index in [1.54, 1.807) is 38.2 Å². The van der Waals surface area contributed by atoms with Gasteiger partial charge in [-0.3, -0.25) is 4.79 Å². The predicted molar refractivity (Wildman–Crippen MR) is 68.5 cm³/mol. The lowest BCUT2D eigenvalue weighted by Gasteiger charge is -2.16. The lowest BCUT2D eigenvalue weighted by atomic mass is 10.2. The van der Waals surface area contributed by atoms with Crippen molar-refractivity contribution < 1.29 is 4.79 Å². The zero-order valence-electron chi connectivity index (χ0n) is 9.91. The molecule has 0 aliphatic carbocycles. The number of hydrogen-bond donors (Lipinski definition) is 0. The van der Waals surface area contributed by atoms with Gasteiger partial charge in [0.1, 0.15) is 4.88 Å². The number of carbonyl (C=O) groups excluding carboxylic acids is 1. The summed E-state index contributed by atoms with van der Waals surface area (Å²) >= 11 is 1.07. The third kappa shape index (κ3) is 2.21. The smallest absolute Gasteiger partial charge is 0.271 e. The predicted octanol–water partition coefficient (Wildman–Crippen LogP) is 1.99. The van der Waals surface area contributed by atoms with Gasteiger partial charge < -0.3 is 4.90 Å². The number of aryl methyl sites for hydroxylation is 1. The van der Waals surface area contributed by atoms with Gasteiger partial charge in [0, 0.05) is 12.7 Å². The molecule has 5 nitrogen and oxygen atoms in total. The molecule has 6 heteroatoms. The first-order chi connectivity index (χ1) is 8.63. The highest BCUT2D eigenvalue weighted by Gasteiger charge is 2.18. The highest BCUT2D eigenvalue weighted by Crippen LogP contribution is 2.19. The van der Waals surface area contributed by atoms with Gasteiger partial charge in [0.05, 0.1) is 17.3 Å². The van der Waals surface area contributed by atoms with Crippen LogP contribution in [0.4, 0.5) is 5.69 Å². The van der Waals surface area contributed by atoms with Crippen molar-refractivity contribution >= 4 is 23.1 Å². The molecule has 1 heterocycles. The minimum Gasteiger partial charge on any atom is -0.311 e. The van der Waals surface area contributed by atoms with E-state index < -0.39 is 0 Å². The summed E-state index contributed by atoms with van der Waals surface area (Å²) in [6.45, 7) is 1.75. The molecule has 0 atom stereocenters. The Bertz CT molecular complexity index is 629. The first-order valence-electron chi connectivity index (χ1n) is 5.20. The molecule has 0 radical (unpaired) electrons. The molecule has 0 bridgehead atoms. The van der Waals surface area contributed by atoms with Crippen LogP contribution in [0.25, 0.3) is 0 Å². The van der Waals surface area contributed by atoms with Gasteiger partial charge in [-0.05, 0) is 36.7 Å². The Labute approximate surface area is 108 Å². The average Bonchev–Trinajstić information content (AvgIpc) is 2.83. The van der Waals surface area contributed by atoms with Crippen molar-refractivity contribution in [2.75, 3.05) is 11.9 Å². The number of amides is 1. The summed E-state index contributed by atoms with van der Waals surface area (Å²) in [5, 5.41) is 12.7.